The third-order valence-corrected chi connectivity index (χ3v) is 8.51. The Morgan fingerprint density at radius 2 is 1.80 bits per heavy atom. The lowest BCUT2D eigenvalue weighted by molar-refractivity contribution is -0.141. The lowest BCUT2D eigenvalue weighted by atomic mass is 9.78. The molecule has 1 N–H and O–H groups in total. The third kappa shape index (κ3) is 5.75. The number of hydrogen-bond acceptors (Lipinski definition) is 4. The topological polar surface area (TPSA) is 86.8 Å². The van der Waals surface area contributed by atoms with Crippen molar-refractivity contribution in [1.82, 2.24) is 14.5 Å². The van der Waals surface area contributed by atoms with Crippen LogP contribution in [0.2, 0.25) is 0 Å². The number of rotatable bonds is 2. The summed E-state index contributed by atoms with van der Waals surface area (Å²) in [6, 6.07) is 0.181. The van der Waals surface area contributed by atoms with Crippen molar-refractivity contribution in [2.75, 3.05) is 25.9 Å². The molecule has 3 aliphatic heterocycles. The van der Waals surface area contributed by atoms with E-state index in [-0.39, 0.29) is 41.7 Å². The van der Waals surface area contributed by atoms with Crippen LogP contribution in [0, 0.1) is 23.7 Å². The molecule has 3 fully saturated rings. The minimum absolute atomic E-state index is 0.0277. The van der Waals surface area contributed by atoms with Gasteiger partial charge in [0.1, 0.15) is 0 Å². The van der Waals surface area contributed by atoms with Crippen molar-refractivity contribution in [2.24, 2.45) is 23.7 Å². The van der Waals surface area contributed by atoms with Gasteiger partial charge in [0, 0.05) is 44.6 Å². The summed E-state index contributed by atoms with van der Waals surface area (Å²) in [5.41, 5.74) is 0. The van der Waals surface area contributed by atoms with Gasteiger partial charge in [-0.15, -0.1) is 0 Å². The van der Waals surface area contributed by atoms with E-state index in [1.807, 2.05) is 4.90 Å². The molecule has 3 heterocycles. The molecule has 3 saturated heterocycles. The first-order valence-electron chi connectivity index (χ1n) is 11.6. The zero-order chi connectivity index (χ0) is 22.1. The first-order valence-corrected chi connectivity index (χ1v) is 13.4. The molecule has 2 bridgehead atoms. The van der Waals surface area contributed by atoms with Crippen molar-refractivity contribution in [1.29, 1.82) is 0 Å². The highest BCUT2D eigenvalue weighted by Crippen LogP contribution is 2.37. The third-order valence-electron chi connectivity index (χ3n) is 7.27. The second-order valence-corrected chi connectivity index (χ2v) is 12.2. The summed E-state index contributed by atoms with van der Waals surface area (Å²) in [5, 5.41) is 3.20. The van der Waals surface area contributed by atoms with Crippen molar-refractivity contribution in [3.05, 3.63) is 0 Å². The summed E-state index contributed by atoms with van der Waals surface area (Å²) in [4.78, 5) is 27.8. The largest absolute Gasteiger partial charge is 0.353 e. The molecule has 0 aromatic carbocycles. The number of fused-ring (bicyclic) bond motifs is 4. The smallest absolute Gasteiger partial charge is 0.223 e. The van der Waals surface area contributed by atoms with Gasteiger partial charge < -0.3 is 10.2 Å². The maximum atomic E-state index is 13.3. The molecule has 3 aliphatic rings. The van der Waals surface area contributed by atoms with Crippen LogP contribution in [0.15, 0.2) is 0 Å². The van der Waals surface area contributed by atoms with E-state index in [2.05, 4.69) is 26.1 Å². The van der Waals surface area contributed by atoms with Gasteiger partial charge in [0.05, 0.1) is 6.26 Å². The molecular formula is C22H39N3O4S. The normalized spacial score (nSPS) is 35.1. The fourth-order valence-electron chi connectivity index (χ4n) is 5.53. The van der Waals surface area contributed by atoms with Crippen LogP contribution in [-0.4, -0.2) is 67.4 Å². The van der Waals surface area contributed by atoms with Gasteiger partial charge in [-0.1, -0.05) is 20.8 Å². The van der Waals surface area contributed by atoms with Crippen molar-refractivity contribution < 1.29 is 18.0 Å². The quantitative estimate of drug-likeness (QED) is 0.712. The molecule has 3 rings (SSSR count). The predicted molar refractivity (Wildman–Crippen MR) is 117 cm³/mol. The Morgan fingerprint density at radius 3 is 2.47 bits per heavy atom. The highest BCUT2D eigenvalue weighted by Gasteiger charge is 2.44. The van der Waals surface area contributed by atoms with Gasteiger partial charge in [-0.3, -0.25) is 9.59 Å². The van der Waals surface area contributed by atoms with Crippen molar-refractivity contribution >= 4 is 21.8 Å². The predicted octanol–water partition coefficient (Wildman–Crippen LogP) is 2.23. The summed E-state index contributed by atoms with van der Waals surface area (Å²) in [5.74, 6) is 1.30. The Morgan fingerprint density at radius 1 is 1.07 bits per heavy atom. The van der Waals surface area contributed by atoms with Crippen LogP contribution in [0.1, 0.15) is 65.7 Å². The summed E-state index contributed by atoms with van der Waals surface area (Å²) in [6.45, 7) is 8.03. The van der Waals surface area contributed by atoms with E-state index in [4.69, 9.17) is 0 Å². The second kappa shape index (κ2) is 9.55. The molecule has 30 heavy (non-hydrogen) atoms. The average Bonchev–Trinajstić information content (AvgIpc) is 2.65. The molecule has 0 aromatic rings. The highest BCUT2D eigenvalue weighted by molar-refractivity contribution is 7.88. The van der Waals surface area contributed by atoms with Crippen molar-refractivity contribution in [2.45, 2.75) is 77.8 Å². The number of nitrogens with zero attached hydrogens (tertiary/aromatic N) is 2. The lowest BCUT2D eigenvalue weighted by Gasteiger charge is -2.50. The standard InChI is InChI=1S/C22H39N3O4S/c1-15(2)19-9-8-16(3)10-22(27)25-13-17-11-18(14-24(12-17)30(4,28)29)20(25)6-5-7-21(26)23-19/h15-20H,5-14H2,1-4H3,(H,23,26)/t16-,17+,18-,19+,20+/m1/s1. The Bertz CT molecular complexity index is 739. The molecule has 7 nitrogen and oxygen atoms in total. The second-order valence-electron chi connectivity index (χ2n) is 10.3. The highest BCUT2D eigenvalue weighted by atomic mass is 32.2. The number of carbonyl (C=O) groups excluding carboxylic acids is 2. The molecule has 172 valence electrons. The minimum Gasteiger partial charge on any atom is -0.353 e. The number of carbonyl (C=O) groups is 2. The summed E-state index contributed by atoms with van der Waals surface area (Å²) >= 11 is 0. The van der Waals surface area contributed by atoms with Crippen LogP contribution in [0.25, 0.3) is 0 Å². The van der Waals surface area contributed by atoms with Crippen LogP contribution >= 0.6 is 0 Å². The van der Waals surface area contributed by atoms with Crippen LogP contribution in [-0.2, 0) is 19.6 Å². The van der Waals surface area contributed by atoms with Gasteiger partial charge >= 0.3 is 0 Å². The number of sulfonamides is 1. The molecule has 0 aliphatic carbocycles. The number of piperidine rings is 2. The first kappa shape index (κ1) is 23.5. The van der Waals surface area contributed by atoms with E-state index in [1.165, 1.54) is 6.26 Å². The molecule has 0 saturated carbocycles. The Balaban J connectivity index is 1.79. The minimum atomic E-state index is -3.23. The summed E-state index contributed by atoms with van der Waals surface area (Å²) < 4.78 is 25.9. The van der Waals surface area contributed by atoms with Gasteiger partial charge in [-0.2, -0.15) is 0 Å². The molecule has 0 aromatic heterocycles. The van der Waals surface area contributed by atoms with Crippen molar-refractivity contribution in [3.8, 4) is 0 Å². The summed E-state index contributed by atoms with van der Waals surface area (Å²) in [7, 11) is -3.23. The van der Waals surface area contributed by atoms with Crippen LogP contribution in [0.3, 0.4) is 0 Å². The number of nitrogens with one attached hydrogen (secondary N) is 1. The maximum absolute atomic E-state index is 13.3. The fraction of sp³-hybridized carbons (Fsp3) is 0.909. The Kier molecular flexibility index (Phi) is 7.49. The Hall–Kier alpha value is -1.15. The average molecular weight is 442 g/mol. The molecule has 2 amide bonds. The zero-order valence-electron chi connectivity index (χ0n) is 19.0. The molecule has 0 radical (unpaired) electrons. The molecule has 0 unspecified atom stereocenters. The van der Waals surface area contributed by atoms with Crippen molar-refractivity contribution in [3.63, 3.8) is 0 Å². The fourth-order valence-corrected chi connectivity index (χ4v) is 6.48. The van der Waals surface area contributed by atoms with Gasteiger partial charge in [0.15, 0.2) is 0 Å². The Labute approximate surface area is 182 Å². The van der Waals surface area contributed by atoms with Gasteiger partial charge in [-0.05, 0) is 55.8 Å². The van der Waals surface area contributed by atoms with Crippen LogP contribution in [0.4, 0.5) is 0 Å². The zero-order valence-corrected chi connectivity index (χ0v) is 19.8. The van der Waals surface area contributed by atoms with Crippen LogP contribution in [0.5, 0.6) is 0 Å². The molecular weight excluding hydrogens is 402 g/mol. The lowest BCUT2D eigenvalue weighted by Crippen LogP contribution is -2.60. The molecule has 0 spiro atoms. The monoisotopic (exact) mass is 441 g/mol. The first-order chi connectivity index (χ1) is 14.0. The van der Waals surface area contributed by atoms with E-state index >= 15 is 0 Å². The number of amides is 2. The van der Waals surface area contributed by atoms with E-state index in [0.717, 1.165) is 32.1 Å². The maximum Gasteiger partial charge on any atom is 0.223 e. The SMILES string of the molecule is CC(C)[C@@H]1CC[C@@H](C)CC(=O)N2C[C@H]3C[C@H](CN(S(C)(=O)=O)C3)[C@@H]2CCCC(=O)N1. The number of hydrogen-bond donors (Lipinski definition) is 1. The van der Waals surface area contributed by atoms with Gasteiger partial charge in [-0.25, -0.2) is 12.7 Å². The van der Waals surface area contributed by atoms with Gasteiger partial charge in [0.25, 0.3) is 0 Å². The summed E-state index contributed by atoms with van der Waals surface area (Å²) in [6.07, 6.45) is 6.54. The van der Waals surface area contributed by atoms with E-state index in [1.54, 1.807) is 4.31 Å². The van der Waals surface area contributed by atoms with E-state index < -0.39 is 10.0 Å². The van der Waals surface area contributed by atoms with E-state index in [9.17, 15) is 18.0 Å². The van der Waals surface area contributed by atoms with Crippen LogP contribution < -0.4 is 5.32 Å². The molecule has 5 atom stereocenters. The molecule has 8 heteroatoms. The van der Waals surface area contributed by atoms with E-state index in [0.29, 0.717) is 38.4 Å². The van der Waals surface area contributed by atoms with Gasteiger partial charge in [0.2, 0.25) is 21.8 Å².